The van der Waals surface area contributed by atoms with E-state index in [0.29, 0.717) is 17.5 Å². The Bertz CT molecular complexity index is 2830. The van der Waals surface area contributed by atoms with Gasteiger partial charge in [0.1, 0.15) is 11.2 Å². The highest BCUT2D eigenvalue weighted by molar-refractivity contribution is 6.07. The molecule has 0 fully saturated rings. The van der Waals surface area contributed by atoms with Crippen LogP contribution in [0, 0.1) is 0 Å². The second-order valence-corrected chi connectivity index (χ2v) is 13.3. The molecule has 254 valence electrons. The Morgan fingerprint density at radius 1 is 0.315 bits per heavy atom. The molecule has 0 aliphatic rings. The molecule has 8 aromatic carbocycles. The van der Waals surface area contributed by atoms with Gasteiger partial charge >= 0.3 is 0 Å². The maximum atomic E-state index is 6.45. The van der Waals surface area contributed by atoms with Crippen LogP contribution < -0.4 is 4.90 Å². The third kappa shape index (κ3) is 5.84. The Morgan fingerprint density at radius 2 is 0.815 bits per heavy atom. The zero-order chi connectivity index (χ0) is 35.8. The van der Waals surface area contributed by atoms with Gasteiger partial charge in [-0.2, -0.15) is 0 Å². The average Bonchev–Trinajstić information content (AvgIpc) is 3.62. The molecule has 0 aliphatic heterocycles. The fourth-order valence-electron chi connectivity index (χ4n) is 7.19. The van der Waals surface area contributed by atoms with Crippen LogP contribution in [-0.4, -0.2) is 15.0 Å². The highest BCUT2D eigenvalue weighted by Crippen LogP contribution is 2.38. The number of hydrogen-bond donors (Lipinski definition) is 0. The van der Waals surface area contributed by atoms with Gasteiger partial charge in [-0.25, -0.2) is 15.0 Å². The Morgan fingerprint density at radius 3 is 1.44 bits per heavy atom. The van der Waals surface area contributed by atoms with E-state index < -0.39 is 0 Å². The summed E-state index contributed by atoms with van der Waals surface area (Å²) in [5.74, 6) is 1.89. The summed E-state index contributed by atoms with van der Waals surface area (Å²) in [5.41, 5.74) is 10.0. The quantitative estimate of drug-likeness (QED) is 0.166. The smallest absolute Gasteiger partial charge is 0.164 e. The Kier molecular flexibility index (Phi) is 7.73. The van der Waals surface area contributed by atoms with Gasteiger partial charge in [0, 0.05) is 44.5 Å². The maximum absolute atomic E-state index is 6.45. The lowest BCUT2D eigenvalue weighted by Crippen LogP contribution is -2.09. The van der Waals surface area contributed by atoms with Crippen LogP contribution in [0.15, 0.2) is 199 Å². The van der Waals surface area contributed by atoms with Crippen LogP contribution in [0.25, 0.3) is 78.0 Å². The molecule has 10 rings (SSSR count). The van der Waals surface area contributed by atoms with Crippen molar-refractivity contribution in [1.29, 1.82) is 0 Å². The van der Waals surface area contributed by atoms with E-state index >= 15 is 0 Å². The number of hydrogen-bond acceptors (Lipinski definition) is 5. The summed E-state index contributed by atoms with van der Waals surface area (Å²) in [6, 6.07) is 67.0. The maximum Gasteiger partial charge on any atom is 0.164 e. The summed E-state index contributed by atoms with van der Waals surface area (Å²) >= 11 is 0. The van der Waals surface area contributed by atoms with Crippen molar-refractivity contribution >= 4 is 49.8 Å². The number of aromatic nitrogens is 3. The molecule has 0 aliphatic carbocycles. The Hall–Kier alpha value is -7.37. The van der Waals surface area contributed by atoms with Crippen molar-refractivity contribution in [3.63, 3.8) is 0 Å². The van der Waals surface area contributed by atoms with Crippen molar-refractivity contribution in [2.75, 3.05) is 4.90 Å². The summed E-state index contributed by atoms with van der Waals surface area (Å²) < 4.78 is 6.45. The molecular formula is C49H32N4O. The van der Waals surface area contributed by atoms with Gasteiger partial charge in [0.25, 0.3) is 0 Å². The van der Waals surface area contributed by atoms with E-state index in [-0.39, 0.29) is 0 Å². The third-order valence-electron chi connectivity index (χ3n) is 9.87. The highest BCUT2D eigenvalue weighted by atomic mass is 16.3. The van der Waals surface area contributed by atoms with Gasteiger partial charge in [-0.3, -0.25) is 0 Å². The van der Waals surface area contributed by atoms with E-state index in [2.05, 4.69) is 126 Å². The Labute approximate surface area is 312 Å². The van der Waals surface area contributed by atoms with Gasteiger partial charge in [-0.15, -0.1) is 0 Å². The number of furan rings is 1. The van der Waals surface area contributed by atoms with E-state index in [1.165, 1.54) is 10.8 Å². The lowest BCUT2D eigenvalue weighted by atomic mass is 9.99. The van der Waals surface area contributed by atoms with Crippen LogP contribution in [0.3, 0.4) is 0 Å². The number of fused-ring (bicyclic) bond motifs is 4. The van der Waals surface area contributed by atoms with Crippen LogP contribution in [-0.2, 0) is 0 Å². The van der Waals surface area contributed by atoms with Crippen LogP contribution in [0.5, 0.6) is 0 Å². The molecule has 2 heterocycles. The molecule has 0 N–H and O–H groups in total. The molecule has 0 saturated heterocycles. The van der Waals surface area contributed by atoms with Crippen LogP contribution in [0.1, 0.15) is 0 Å². The van der Waals surface area contributed by atoms with Crippen molar-refractivity contribution in [3.05, 3.63) is 194 Å². The highest BCUT2D eigenvalue weighted by Gasteiger charge is 2.16. The Balaban J connectivity index is 1.00. The average molecular weight is 693 g/mol. The van der Waals surface area contributed by atoms with Gasteiger partial charge in [-0.05, 0) is 94.7 Å². The van der Waals surface area contributed by atoms with Crippen molar-refractivity contribution in [3.8, 4) is 45.3 Å². The summed E-state index contributed by atoms with van der Waals surface area (Å²) in [7, 11) is 0. The molecule has 0 spiro atoms. The number of rotatable bonds is 7. The third-order valence-corrected chi connectivity index (χ3v) is 9.87. The number of anilines is 3. The summed E-state index contributed by atoms with van der Waals surface area (Å²) in [5, 5.41) is 4.41. The largest absolute Gasteiger partial charge is 0.456 e. The topological polar surface area (TPSA) is 55.1 Å². The fourth-order valence-corrected chi connectivity index (χ4v) is 7.19. The monoisotopic (exact) mass is 692 g/mol. The van der Waals surface area contributed by atoms with Crippen molar-refractivity contribution in [2.45, 2.75) is 0 Å². The first-order valence-corrected chi connectivity index (χ1v) is 18.0. The molecule has 0 saturated carbocycles. The zero-order valence-corrected chi connectivity index (χ0v) is 29.2. The fraction of sp³-hybridized carbons (Fsp3) is 0. The van der Waals surface area contributed by atoms with Crippen molar-refractivity contribution in [1.82, 2.24) is 15.0 Å². The first-order valence-electron chi connectivity index (χ1n) is 18.0. The lowest BCUT2D eigenvalue weighted by Gasteiger charge is -2.25. The minimum absolute atomic E-state index is 0.616. The summed E-state index contributed by atoms with van der Waals surface area (Å²) in [6.07, 6.45) is 0. The SMILES string of the molecule is c1ccc(-c2nc(-c3ccccc3)nc(-c3ccc4oc5cc(-c6ccc7cc(N(c8ccccc8)c8ccccc8)ccc7c6)ccc5c4c3)n2)cc1. The molecule has 2 aromatic heterocycles. The standard InChI is InChI=1S/C49H32N4O/c1-5-13-33(14-6-1)47-50-48(34-15-7-2-8-16-34)52-49(51-47)39-25-28-45-44(31-39)43-27-24-38(32-46(43)54-45)35-21-22-37-30-42(26-23-36(37)29-35)53(40-17-9-3-10-18-40)41-19-11-4-12-20-41/h1-32H. The zero-order valence-electron chi connectivity index (χ0n) is 29.2. The van der Waals surface area contributed by atoms with Gasteiger partial charge < -0.3 is 9.32 Å². The van der Waals surface area contributed by atoms with Gasteiger partial charge in [0.15, 0.2) is 17.5 Å². The van der Waals surface area contributed by atoms with E-state index in [1.807, 2.05) is 72.8 Å². The van der Waals surface area contributed by atoms with Gasteiger partial charge in [0.2, 0.25) is 0 Å². The molecular weight excluding hydrogens is 661 g/mol. The molecule has 0 amide bonds. The summed E-state index contributed by atoms with van der Waals surface area (Å²) in [6.45, 7) is 0. The van der Waals surface area contributed by atoms with Crippen molar-refractivity contribution in [2.24, 2.45) is 0 Å². The number of nitrogens with zero attached hydrogens (tertiary/aromatic N) is 4. The van der Waals surface area contributed by atoms with E-state index in [9.17, 15) is 0 Å². The minimum atomic E-state index is 0.616. The van der Waals surface area contributed by atoms with E-state index in [1.54, 1.807) is 0 Å². The molecule has 0 radical (unpaired) electrons. The molecule has 0 atom stereocenters. The lowest BCUT2D eigenvalue weighted by molar-refractivity contribution is 0.669. The second-order valence-electron chi connectivity index (χ2n) is 13.3. The van der Waals surface area contributed by atoms with Crippen LogP contribution in [0.4, 0.5) is 17.1 Å². The molecule has 0 unspecified atom stereocenters. The predicted molar refractivity (Wildman–Crippen MR) is 221 cm³/mol. The minimum Gasteiger partial charge on any atom is -0.456 e. The molecule has 54 heavy (non-hydrogen) atoms. The second kappa shape index (κ2) is 13.3. The first-order chi connectivity index (χ1) is 26.7. The van der Waals surface area contributed by atoms with Crippen LogP contribution in [0.2, 0.25) is 0 Å². The molecule has 5 heteroatoms. The normalized spacial score (nSPS) is 11.3. The first kappa shape index (κ1) is 31.4. The number of para-hydroxylation sites is 2. The molecule has 5 nitrogen and oxygen atoms in total. The predicted octanol–water partition coefficient (Wildman–Crippen LogP) is 13.1. The van der Waals surface area contributed by atoms with E-state index in [0.717, 1.165) is 66.8 Å². The molecule has 0 bridgehead atoms. The van der Waals surface area contributed by atoms with Gasteiger partial charge in [0.05, 0.1) is 0 Å². The summed E-state index contributed by atoms with van der Waals surface area (Å²) in [4.78, 5) is 17.0. The number of benzene rings is 8. The van der Waals surface area contributed by atoms with E-state index in [4.69, 9.17) is 19.4 Å². The molecule has 10 aromatic rings. The van der Waals surface area contributed by atoms with Crippen LogP contribution >= 0.6 is 0 Å². The van der Waals surface area contributed by atoms with Gasteiger partial charge in [-0.1, -0.05) is 121 Å². The van der Waals surface area contributed by atoms with Crippen molar-refractivity contribution < 1.29 is 4.42 Å².